The number of hydrogen-bond acceptors (Lipinski definition) is 5. The van der Waals surface area contributed by atoms with Crippen LogP contribution in [0.15, 0.2) is 34.9 Å². The Hall–Kier alpha value is -1.31. The van der Waals surface area contributed by atoms with E-state index < -0.39 is 12.1 Å². The van der Waals surface area contributed by atoms with E-state index in [2.05, 4.69) is 30.0 Å². The highest BCUT2D eigenvalue weighted by Crippen LogP contribution is 2.19. The van der Waals surface area contributed by atoms with Gasteiger partial charge in [0.15, 0.2) is 5.69 Å². The molecule has 0 saturated carbocycles. The number of amides is 1. The number of nitrogens with zero attached hydrogens (tertiary/aromatic N) is 2. The number of aliphatic hydroxyl groups is 1. The first-order chi connectivity index (χ1) is 9.08. The van der Waals surface area contributed by atoms with Crippen LogP contribution in [0.1, 0.15) is 29.1 Å². The molecule has 2 aromatic rings. The zero-order valence-corrected chi connectivity index (χ0v) is 12.5. The first kappa shape index (κ1) is 14.1. The number of rotatable bonds is 4. The van der Waals surface area contributed by atoms with Crippen molar-refractivity contribution in [1.29, 1.82) is 0 Å². The van der Waals surface area contributed by atoms with E-state index in [1.54, 1.807) is 6.92 Å². The van der Waals surface area contributed by atoms with E-state index in [0.717, 1.165) is 21.8 Å². The van der Waals surface area contributed by atoms with Gasteiger partial charge >= 0.3 is 0 Å². The Labute approximate surface area is 123 Å². The number of hydrogen-bond donors (Lipinski definition) is 2. The molecule has 2 unspecified atom stereocenters. The lowest BCUT2D eigenvalue weighted by atomic mass is 10.0. The van der Waals surface area contributed by atoms with Crippen molar-refractivity contribution in [1.82, 2.24) is 14.1 Å². The highest BCUT2D eigenvalue weighted by molar-refractivity contribution is 9.10. The number of aromatic nitrogens is 2. The molecule has 1 aromatic heterocycles. The molecule has 100 valence electrons. The largest absolute Gasteiger partial charge is 0.386 e. The van der Waals surface area contributed by atoms with Crippen molar-refractivity contribution >= 4 is 33.6 Å². The smallest absolute Gasteiger partial charge is 0.272 e. The Morgan fingerprint density at radius 2 is 2.11 bits per heavy atom. The third kappa shape index (κ3) is 3.59. The predicted molar refractivity (Wildman–Crippen MR) is 75.9 cm³/mol. The molecule has 0 spiro atoms. The summed E-state index contributed by atoms with van der Waals surface area (Å²) in [5.41, 5.74) is 1.01. The van der Waals surface area contributed by atoms with Gasteiger partial charge in [0.05, 0.1) is 30.1 Å². The quantitative estimate of drug-likeness (QED) is 0.893. The van der Waals surface area contributed by atoms with E-state index in [1.165, 1.54) is 6.20 Å². The molecule has 0 saturated heterocycles. The second-order valence-corrected chi connectivity index (χ2v) is 5.52. The number of nitrogens with one attached hydrogen (secondary N) is 1. The van der Waals surface area contributed by atoms with E-state index in [1.807, 2.05) is 24.3 Å². The SMILES string of the molecule is CC(NC(=O)c1cnsn1)C(O)c1ccc(Br)cc1. The minimum Gasteiger partial charge on any atom is -0.386 e. The fourth-order valence-corrected chi connectivity index (χ4v) is 2.25. The molecule has 0 radical (unpaired) electrons. The first-order valence-electron chi connectivity index (χ1n) is 5.60. The number of benzene rings is 1. The summed E-state index contributed by atoms with van der Waals surface area (Å²) in [4.78, 5) is 11.8. The Balaban J connectivity index is 2.01. The van der Waals surface area contributed by atoms with E-state index in [-0.39, 0.29) is 11.6 Å². The first-order valence-corrected chi connectivity index (χ1v) is 7.12. The molecular weight excluding hydrogens is 330 g/mol. The number of halogens is 1. The molecule has 0 aliphatic carbocycles. The van der Waals surface area contributed by atoms with Gasteiger partial charge in [-0.1, -0.05) is 28.1 Å². The lowest BCUT2D eigenvalue weighted by Gasteiger charge is -2.20. The van der Waals surface area contributed by atoms with Gasteiger partial charge in [-0.15, -0.1) is 0 Å². The number of carbonyl (C=O) groups is 1. The molecular formula is C12H12BrN3O2S. The molecule has 1 amide bonds. The van der Waals surface area contributed by atoms with Gasteiger partial charge in [-0.2, -0.15) is 8.75 Å². The minimum absolute atomic E-state index is 0.264. The Morgan fingerprint density at radius 1 is 1.42 bits per heavy atom. The lowest BCUT2D eigenvalue weighted by molar-refractivity contribution is 0.0848. The summed E-state index contributed by atoms with van der Waals surface area (Å²) >= 11 is 4.31. The van der Waals surface area contributed by atoms with Gasteiger partial charge in [-0.05, 0) is 24.6 Å². The highest BCUT2D eigenvalue weighted by Gasteiger charge is 2.20. The molecule has 1 aromatic carbocycles. The Kier molecular flexibility index (Phi) is 4.62. The van der Waals surface area contributed by atoms with E-state index in [4.69, 9.17) is 0 Å². The Morgan fingerprint density at radius 3 is 2.68 bits per heavy atom. The summed E-state index contributed by atoms with van der Waals surface area (Å²) in [7, 11) is 0. The molecule has 0 fully saturated rings. The fourth-order valence-electron chi connectivity index (χ4n) is 1.57. The summed E-state index contributed by atoms with van der Waals surface area (Å²) in [5.74, 6) is -0.336. The van der Waals surface area contributed by atoms with Crippen molar-refractivity contribution in [3.63, 3.8) is 0 Å². The van der Waals surface area contributed by atoms with Gasteiger partial charge in [0, 0.05) is 4.47 Å². The van der Waals surface area contributed by atoms with Crippen LogP contribution >= 0.6 is 27.7 Å². The third-order valence-corrected chi connectivity index (χ3v) is 3.64. The Bertz CT molecular complexity index is 545. The van der Waals surface area contributed by atoms with Crippen molar-refractivity contribution in [3.05, 3.63) is 46.2 Å². The number of aliphatic hydroxyl groups excluding tert-OH is 1. The second kappa shape index (κ2) is 6.23. The van der Waals surface area contributed by atoms with E-state index >= 15 is 0 Å². The summed E-state index contributed by atoms with van der Waals surface area (Å²) in [6, 6.07) is 6.88. The molecule has 0 aliphatic heterocycles. The molecule has 19 heavy (non-hydrogen) atoms. The van der Waals surface area contributed by atoms with Crippen molar-refractivity contribution < 1.29 is 9.90 Å². The van der Waals surface area contributed by atoms with Crippen LogP contribution in [0.3, 0.4) is 0 Å². The molecule has 0 bridgehead atoms. The summed E-state index contributed by atoms with van der Waals surface area (Å²) in [6.07, 6.45) is 0.627. The summed E-state index contributed by atoms with van der Waals surface area (Å²) < 4.78 is 8.55. The molecule has 2 rings (SSSR count). The van der Waals surface area contributed by atoms with Gasteiger partial charge in [0.1, 0.15) is 0 Å². The van der Waals surface area contributed by atoms with Crippen LogP contribution in [0.4, 0.5) is 0 Å². The standard InChI is InChI=1S/C12H12BrN3O2S/c1-7(15-12(18)10-6-14-19-16-10)11(17)8-2-4-9(13)5-3-8/h2-7,11,17H,1H3,(H,15,18). The lowest BCUT2D eigenvalue weighted by Crippen LogP contribution is -2.37. The average Bonchev–Trinajstić information content (AvgIpc) is 2.92. The number of carbonyl (C=O) groups excluding carboxylic acids is 1. The molecule has 2 atom stereocenters. The predicted octanol–water partition coefficient (Wildman–Crippen LogP) is 2.15. The van der Waals surface area contributed by atoms with Gasteiger partial charge in [-0.25, -0.2) is 0 Å². The van der Waals surface area contributed by atoms with Gasteiger partial charge in [-0.3, -0.25) is 4.79 Å². The highest BCUT2D eigenvalue weighted by atomic mass is 79.9. The van der Waals surface area contributed by atoms with Crippen molar-refractivity contribution in [2.24, 2.45) is 0 Å². The van der Waals surface area contributed by atoms with E-state index in [9.17, 15) is 9.90 Å². The molecule has 5 nitrogen and oxygen atoms in total. The zero-order chi connectivity index (χ0) is 13.8. The maximum Gasteiger partial charge on any atom is 0.272 e. The van der Waals surface area contributed by atoms with Crippen molar-refractivity contribution in [2.75, 3.05) is 0 Å². The van der Waals surface area contributed by atoms with Crippen LogP contribution in [0.2, 0.25) is 0 Å². The van der Waals surface area contributed by atoms with Crippen LogP contribution in [-0.4, -0.2) is 25.8 Å². The normalized spacial score (nSPS) is 13.8. The molecule has 0 aliphatic rings. The topological polar surface area (TPSA) is 75.1 Å². The monoisotopic (exact) mass is 341 g/mol. The summed E-state index contributed by atoms with van der Waals surface area (Å²) in [5, 5.41) is 12.9. The molecule has 2 N–H and O–H groups in total. The molecule has 1 heterocycles. The van der Waals surface area contributed by atoms with Crippen molar-refractivity contribution in [3.8, 4) is 0 Å². The fraction of sp³-hybridized carbons (Fsp3) is 0.250. The zero-order valence-electron chi connectivity index (χ0n) is 10.1. The second-order valence-electron chi connectivity index (χ2n) is 4.05. The summed E-state index contributed by atoms with van der Waals surface area (Å²) in [6.45, 7) is 1.74. The van der Waals surface area contributed by atoms with Crippen LogP contribution in [0.5, 0.6) is 0 Å². The average molecular weight is 342 g/mol. The minimum atomic E-state index is -0.774. The van der Waals surface area contributed by atoms with Crippen LogP contribution in [0.25, 0.3) is 0 Å². The maximum absolute atomic E-state index is 11.8. The van der Waals surface area contributed by atoms with E-state index in [0.29, 0.717) is 0 Å². The van der Waals surface area contributed by atoms with Crippen LogP contribution in [0, 0.1) is 0 Å². The van der Waals surface area contributed by atoms with Gasteiger partial charge in [0.2, 0.25) is 0 Å². The molecule has 7 heteroatoms. The maximum atomic E-state index is 11.8. The van der Waals surface area contributed by atoms with Crippen LogP contribution in [-0.2, 0) is 0 Å². The van der Waals surface area contributed by atoms with Gasteiger partial charge in [0.25, 0.3) is 5.91 Å². The van der Waals surface area contributed by atoms with Crippen LogP contribution < -0.4 is 5.32 Å². The van der Waals surface area contributed by atoms with Crippen molar-refractivity contribution in [2.45, 2.75) is 19.1 Å². The third-order valence-electron chi connectivity index (χ3n) is 2.64. The van der Waals surface area contributed by atoms with Gasteiger partial charge < -0.3 is 10.4 Å².